The Morgan fingerprint density at radius 2 is 2.19 bits per heavy atom. The number of anilines is 1. The summed E-state index contributed by atoms with van der Waals surface area (Å²) in [5, 5.41) is 0. The van der Waals surface area contributed by atoms with Gasteiger partial charge in [-0.05, 0) is 67.9 Å². The van der Waals surface area contributed by atoms with Crippen LogP contribution in [0.5, 0.6) is 0 Å². The molecule has 1 amide bonds. The highest BCUT2D eigenvalue weighted by Crippen LogP contribution is 2.63. The van der Waals surface area contributed by atoms with Crippen LogP contribution in [-0.4, -0.2) is 56.0 Å². The van der Waals surface area contributed by atoms with Crippen LogP contribution in [0, 0.1) is 11.3 Å². The van der Waals surface area contributed by atoms with Crippen LogP contribution in [-0.2, 0) is 9.53 Å². The van der Waals surface area contributed by atoms with E-state index in [-0.39, 0.29) is 23.3 Å². The van der Waals surface area contributed by atoms with Crippen LogP contribution in [0.15, 0.2) is 56.5 Å². The Morgan fingerprint density at radius 1 is 1.33 bits per heavy atom. The summed E-state index contributed by atoms with van der Waals surface area (Å²) in [6.45, 7) is 4.99. The van der Waals surface area contributed by atoms with Gasteiger partial charge in [-0.1, -0.05) is 24.6 Å². The number of nitrogens with two attached hydrogens (primary N) is 1. The summed E-state index contributed by atoms with van der Waals surface area (Å²) in [6, 6.07) is 8.33. The highest BCUT2D eigenvalue weighted by molar-refractivity contribution is 6.13. The maximum absolute atomic E-state index is 13.5. The summed E-state index contributed by atoms with van der Waals surface area (Å²) in [6.07, 6.45) is 10.8. The number of carbonyl (C=O) groups is 1. The van der Waals surface area contributed by atoms with Gasteiger partial charge in [-0.3, -0.25) is 14.8 Å². The van der Waals surface area contributed by atoms with Gasteiger partial charge in [-0.15, -0.1) is 0 Å². The number of allylic oxidation sites excluding steroid dienone is 1. The van der Waals surface area contributed by atoms with Crippen LogP contribution >= 0.6 is 0 Å². The number of ether oxygens (including phenoxy) is 1. The standard InChI is InChI=1S/C29H35N5O2/c1-2-4-27-32-15-26(33-27)23-9-11-29(14-24(23)29)18-34(28(35)19-7-8-19)22-6-3-5-20(13-22)25(30)10-12-31-21-16-36-17-21/h3,5-6,10,12-13,19,21H,2,4,7-9,11,14-18,30H2,1H3. The molecule has 2 N–H and O–H groups in total. The molecule has 2 heterocycles. The van der Waals surface area contributed by atoms with Gasteiger partial charge < -0.3 is 15.4 Å². The number of fused-ring (bicyclic) bond motifs is 1. The molecule has 1 unspecified atom stereocenters. The fraction of sp³-hybridized carbons (Fsp3) is 0.517. The second-order valence-electron chi connectivity index (χ2n) is 10.8. The molecule has 5 aliphatic rings. The largest absolute Gasteiger partial charge is 0.398 e. The first-order valence-electron chi connectivity index (χ1n) is 13.4. The third-order valence-electron chi connectivity index (χ3n) is 8.06. The fourth-order valence-electron chi connectivity index (χ4n) is 5.59. The molecular weight excluding hydrogens is 450 g/mol. The Bertz CT molecular complexity index is 1220. The summed E-state index contributed by atoms with van der Waals surface area (Å²) in [5.74, 6) is 1.41. The summed E-state index contributed by atoms with van der Waals surface area (Å²) in [4.78, 5) is 29.4. The first kappa shape index (κ1) is 23.3. The lowest BCUT2D eigenvalue weighted by molar-refractivity contribution is -0.119. The molecule has 188 valence electrons. The first-order chi connectivity index (χ1) is 17.6. The minimum absolute atomic E-state index is 0.102. The second-order valence-corrected chi connectivity index (χ2v) is 10.8. The number of amides is 1. The van der Waals surface area contributed by atoms with E-state index in [1.165, 1.54) is 16.9 Å². The van der Waals surface area contributed by atoms with Crippen LogP contribution < -0.4 is 10.6 Å². The van der Waals surface area contributed by atoms with Crippen LogP contribution in [0.25, 0.3) is 5.70 Å². The lowest BCUT2D eigenvalue weighted by Gasteiger charge is -2.27. The number of hydrogen-bond acceptors (Lipinski definition) is 6. The molecule has 2 aliphatic heterocycles. The molecule has 0 bridgehead atoms. The average molecular weight is 486 g/mol. The lowest BCUT2D eigenvalue weighted by Crippen LogP contribution is -2.37. The van der Waals surface area contributed by atoms with Crippen LogP contribution in [0.1, 0.15) is 57.4 Å². The molecule has 2 saturated carbocycles. The van der Waals surface area contributed by atoms with Crippen molar-refractivity contribution < 1.29 is 9.53 Å². The molecular formula is C29H35N5O2. The Balaban J connectivity index is 1.22. The van der Waals surface area contributed by atoms with Gasteiger partial charge in [0.2, 0.25) is 5.91 Å². The van der Waals surface area contributed by atoms with Crippen molar-refractivity contribution in [2.75, 3.05) is 31.2 Å². The van der Waals surface area contributed by atoms with Gasteiger partial charge in [0, 0.05) is 41.9 Å². The molecule has 1 aromatic rings. The van der Waals surface area contributed by atoms with Crippen molar-refractivity contribution in [3.63, 3.8) is 0 Å². The van der Waals surface area contributed by atoms with Gasteiger partial charge in [0.15, 0.2) is 0 Å². The number of benzene rings is 1. The average Bonchev–Trinajstić information content (AvgIpc) is 3.75. The van der Waals surface area contributed by atoms with E-state index in [2.05, 4.69) is 23.0 Å². The fourth-order valence-corrected chi connectivity index (χ4v) is 5.59. The molecule has 36 heavy (non-hydrogen) atoms. The smallest absolute Gasteiger partial charge is 0.230 e. The van der Waals surface area contributed by atoms with E-state index in [1.54, 1.807) is 6.21 Å². The highest BCUT2D eigenvalue weighted by Gasteiger charge is 2.56. The van der Waals surface area contributed by atoms with Crippen molar-refractivity contribution in [3.05, 3.63) is 47.1 Å². The van der Waals surface area contributed by atoms with Gasteiger partial charge in [0.05, 0.1) is 31.5 Å². The molecule has 1 aromatic carbocycles. The summed E-state index contributed by atoms with van der Waals surface area (Å²) in [7, 11) is 0. The monoisotopic (exact) mass is 485 g/mol. The SMILES string of the molecule is CCCC1=NCC(C2=C3CC3(CN(C(=O)C3CC3)c3cccc(C(N)=CC=NC4COC4)c3)CC2)=N1. The van der Waals surface area contributed by atoms with Crippen molar-refractivity contribution >= 4 is 35.1 Å². The topological polar surface area (TPSA) is 92.6 Å². The molecule has 0 aromatic heterocycles. The third-order valence-corrected chi connectivity index (χ3v) is 8.06. The van der Waals surface area contributed by atoms with E-state index in [4.69, 9.17) is 15.5 Å². The molecule has 0 radical (unpaired) electrons. The van der Waals surface area contributed by atoms with E-state index in [0.29, 0.717) is 18.9 Å². The van der Waals surface area contributed by atoms with Crippen molar-refractivity contribution in [2.24, 2.45) is 32.0 Å². The minimum atomic E-state index is 0.102. The number of nitrogens with zero attached hydrogens (tertiary/aromatic N) is 4. The number of carbonyl (C=O) groups excluding carboxylic acids is 1. The van der Waals surface area contributed by atoms with Crippen molar-refractivity contribution in [2.45, 2.75) is 57.9 Å². The Morgan fingerprint density at radius 3 is 2.92 bits per heavy atom. The third kappa shape index (κ3) is 4.57. The molecule has 3 aliphatic carbocycles. The zero-order valence-corrected chi connectivity index (χ0v) is 21.1. The lowest BCUT2D eigenvalue weighted by atomic mass is 10.0. The molecule has 6 rings (SSSR count). The molecule has 7 nitrogen and oxygen atoms in total. The van der Waals surface area contributed by atoms with Crippen molar-refractivity contribution in [3.8, 4) is 0 Å². The maximum atomic E-state index is 13.5. The molecule has 1 atom stereocenters. The molecule has 1 saturated heterocycles. The van der Waals surface area contributed by atoms with Gasteiger partial charge in [0.1, 0.15) is 5.84 Å². The summed E-state index contributed by atoms with van der Waals surface area (Å²) in [5.41, 5.74) is 13.1. The zero-order chi connectivity index (χ0) is 24.7. The Hall–Kier alpha value is -3.06. The zero-order valence-electron chi connectivity index (χ0n) is 21.1. The highest BCUT2D eigenvalue weighted by atomic mass is 16.5. The van der Waals surface area contributed by atoms with Gasteiger partial charge in [0.25, 0.3) is 0 Å². The van der Waals surface area contributed by atoms with Crippen LogP contribution in [0.2, 0.25) is 0 Å². The van der Waals surface area contributed by atoms with E-state index < -0.39 is 0 Å². The van der Waals surface area contributed by atoms with E-state index in [1.807, 2.05) is 29.2 Å². The molecule has 0 spiro atoms. The predicted octanol–water partition coefficient (Wildman–Crippen LogP) is 4.33. The Kier molecular flexibility index (Phi) is 6.12. The van der Waals surface area contributed by atoms with Gasteiger partial charge in [-0.2, -0.15) is 0 Å². The normalized spacial score (nSPS) is 25.6. The quantitative estimate of drug-likeness (QED) is 0.500. The number of aliphatic imine (C=N–C) groups is 3. The number of rotatable bonds is 10. The van der Waals surface area contributed by atoms with E-state index in [0.717, 1.165) is 75.1 Å². The van der Waals surface area contributed by atoms with E-state index >= 15 is 0 Å². The maximum Gasteiger partial charge on any atom is 0.230 e. The second kappa shape index (κ2) is 9.43. The molecule has 3 fully saturated rings. The van der Waals surface area contributed by atoms with Crippen LogP contribution in [0.4, 0.5) is 5.69 Å². The van der Waals surface area contributed by atoms with Crippen molar-refractivity contribution in [1.82, 2.24) is 0 Å². The Labute approximate surface area is 212 Å². The summed E-state index contributed by atoms with van der Waals surface area (Å²) < 4.78 is 5.16. The minimum Gasteiger partial charge on any atom is -0.398 e. The van der Waals surface area contributed by atoms with Gasteiger partial charge in [-0.25, -0.2) is 4.99 Å². The number of hydrogen-bond donors (Lipinski definition) is 1. The molecule has 7 heteroatoms. The van der Waals surface area contributed by atoms with Crippen LogP contribution in [0.3, 0.4) is 0 Å². The predicted molar refractivity (Wildman–Crippen MR) is 145 cm³/mol. The first-order valence-corrected chi connectivity index (χ1v) is 13.4. The van der Waals surface area contributed by atoms with Crippen molar-refractivity contribution in [1.29, 1.82) is 0 Å². The number of amidine groups is 1. The summed E-state index contributed by atoms with van der Waals surface area (Å²) >= 11 is 0. The van der Waals surface area contributed by atoms with E-state index in [9.17, 15) is 4.79 Å². The van der Waals surface area contributed by atoms with Gasteiger partial charge >= 0.3 is 0 Å².